The Labute approximate surface area is 139 Å². The van der Waals surface area contributed by atoms with Crippen LogP contribution in [0.2, 0.25) is 0 Å². The minimum absolute atomic E-state index is 0.0457. The Balaban J connectivity index is 1.87. The van der Waals surface area contributed by atoms with E-state index in [1.165, 1.54) is 0 Å². The van der Waals surface area contributed by atoms with E-state index in [0.29, 0.717) is 18.7 Å². The van der Waals surface area contributed by atoms with Gasteiger partial charge in [0.15, 0.2) is 11.7 Å². The van der Waals surface area contributed by atoms with Gasteiger partial charge in [-0.3, -0.25) is 4.79 Å². The third-order valence-corrected chi connectivity index (χ3v) is 3.91. The van der Waals surface area contributed by atoms with E-state index in [-0.39, 0.29) is 11.9 Å². The molecule has 1 atom stereocenters. The van der Waals surface area contributed by atoms with Crippen LogP contribution in [0.5, 0.6) is 0 Å². The van der Waals surface area contributed by atoms with Gasteiger partial charge in [0, 0.05) is 28.9 Å². The first-order chi connectivity index (χ1) is 10.6. The average molecular weight is 365 g/mol. The molecule has 0 spiro atoms. The van der Waals surface area contributed by atoms with E-state index in [1.54, 1.807) is 6.20 Å². The molecule has 118 valence electrons. The molecule has 5 heteroatoms. The van der Waals surface area contributed by atoms with E-state index in [9.17, 15) is 4.79 Å². The number of hydrogen-bond donors (Lipinski definition) is 1. The largest absolute Gasteiger partial charge is 0.441 e. The first kappa shape index (κ1) is 16.7. The number of benzene rings is 1. The van der Waals surface area contributed by atoms with Crippen LogP contribution in [0.1, 0.15) is 39.0 Å². The van der Waals surface area contributed by atoms with Crippen LogP contribution in [-0.4, -0.2) is 16.9 Å². The number of carbonyl (C=O) groups excluding carboxylic acids is 1. The van der Waals surface area contributed by atoms with Crippen molar-refractivity contribution in [1.82, 2.24) is 10.3 Å². The Morgan fingerprint density at radius 3 is 2.77 bits per heavy atom. The zero-order valence-corrected chi connectivity index (χ0v) is 14.5. The lowest BCUT2D eigenvalue weighted by Crippen LogP contribution is -2.32. The van der Waals surface area contributed by atoms with E-state index in [0.717, 1.165) is 28.6 Å². The SMILES string of the molecule is CCC[C@H](C)NC(=O)CCc1ncc(-c2ccc(Br)cc2)o1. The third kappa shape index (κ3) is 4.98. The highest BCUT2D eigenvalue weighted by Gasteiger charge is 2.10. The molecule has 1 heterocycles. The standard InChI is InChI=1S/C17H21BrN2O2/c1-3-4-12(2)20-16(21)9-10-17-19-11-15(22-17)13-5-7-14(18)8-6-13/h5-8,11-12H,3-4,9-10H2,1-2H3,(H,20,21)/t12-/m0/s1. The molecule has 0 unspecified atom stereocenters. The van der Waals surface area contributed by atoms with Crippen LogP contribution in [-0.2, 0) is 11.2 Å². The van der Waals surface area contributed by atoms with Crippen LogP contribution in [0.4, 0.5) is 0 Å². The molecule has 2 rings (SSSR count). The summed E-state index contributed by atoms with van der Waals surface area (Å²) >= 11 is 3.40. The fourth-order valence-corrected chi connectivity index (χ4v) is 2.51. The van der Waals surface area contributed by atoms with Gasteiger partial charge in [-0.15, -0.1) is 0 Å². The molecule has 1 aromatic heterocycles. The number of hydrogen-bond acceptors (Lipinski definition) is 3. The Hall–Kier alpha value is -1.62. The summed E-state index contributed by atoms with van der Waals surface area (Å²) in [4.78, 5) is 16.1. The minimum atomic E-state index is 0.0457. The molecule has 0 aliphatic rings. The van der Waals surface area contributed by atoms with Crippen molar-refractivity contribution < 1.29 is 9.21 Å². The number of halogens is 1. The second kappa shape index (κ2) is 8.13. The highest BCUT2D eigenvalue weighted by Crippen LogP contribution is 2.22. The van der Waals surface area contributed by atoms with Crippen molar-refractivity contribution in [1.29, 1.82) is 0 Å². The Kier molecular flexibility index (Phi) is 6.19. The zero-order valence-electron chi connectivity index (χ0n) is 12.9. The number of aryl methyl sites for hydroxylation is 1. The summed E-state index contributed by atoms with van der Waals surface area (Å²) in [7, 11) is 0. The quantitative estimate of drug-likeness (QED) is 0.794. The molecule has 0 saturated heterocycles. The Bertz CT molecular complexity index is 607. The normalized spacial score (nSPS) is 12.1. The second-order valence-electron chi connectivity index (χ2n) is 5.38. The van der Waals surface area contributed by atoms with E-state index in [1.807, 2.05) is 31.2 Å². The number of oxazole rings is 1. The highest BCUT2D eigenvalue weighted by atomic mass is 79.9. The first-order valence-electron chi connectivity index (χ1n) is 7.58. The lowest BCUT2D eigenvalue weighted by molar-refractivity contribution is -0.121. The van der Waals surface area contributed by atoms with Gasteiger partial charge in [-0.05, 0) is 25.5 Å². The maximum absolute atomic E-state index is 11.8. The van der Waals surface area contributed by atoms with E-state index >= 15 is 0 Å². The number of carbonyl (C=O) groups is 1. The number of nitrogens with one attached hydrogen (secondary N) is 1. The van der Waals surface area contributed by atoms with Crippen molar-refractivity contribution in [3.63, 3.8) is 0 Å². The molecular formula is C17H21BrN2O2. The van der Waals surface area contributed by atoms with Gasteiger partial charge in [0.2, 0.25) is 5.91 Å². The second-order valence-corrected chi connectivity index (χ2v) is 6.30. The van der Waals surface area contributed by atoms with Crippen LogP contribution in [0.15, 0.2) is 39.4 Å². The molecule has 2 aromatic rings. The van der Waals surface area contributed by atoms with Crippen LogP contribution >= 0.6 is 15.9 Å². The van der Waals surface area contributed by atoms with Gasteiger partial charge >= 0.3 is 0 Å². The number of amides is 1. The molecule has 1 N–H and O–H groups in total. The third-order valence-electron chi connectivity index (χ3n) is 3.38. The predicted molar refractivity (Wildman–Crippen MR) is 90.5 cm³/mol. The summed E-state index contributed by atoms with van der Waals surface area (Å²) in [5, 5.41) is 2.98. The molecule has 0 aliphatic carbocycles. The van der Waals surface area contributed by atoms with Crippen molar-refractivity contribution >= 4 is 21.8 Å². The minimum Gasteiger partial charge on any atom is -0.441 e. The fraction of sp³-hybridized carbons (Fsp3) is 0.412. The lowest BCUT2D eigenvalue weighted by atomic mass is 10.2. The summed E-state index contributed by atoms with van der Waals surface area (Å²) in [5.74, 6) is 1.36. The van der Waals surface area contributed by atoms with E-state index in [4.69, 9.17) is 4.42 Å². The summed E-state index contributed by atoms with van der Waals surface area (Å²) in [6, 6.07) is 8.07. The van der Waals surface area contributed by atoms with Crippen LogP contribution in [0, 0.1) is 0 Å². The van der Waals surface area contributed by atoms with Crippen molar-refractivity contribution in [3.8, 4) is 11.3 Å². The van der Waals surface area contributed by atoms with Crippen LogP contribution in [0.25, 0.3) is 11.3 Å². The molecule has 0 radical (unpaired) electrons. The van der Waals surface area contributed by atoms with E-state index < -0.39 is 0 Å². The molecule has 1 aromatic carbocycles. The maximum Gasteiger partial charge on any atom is 0.220 e. The van der Waals surface area contributed by atoms with Gasteiger partial charge in [0.1, 0.15) is 0 Å². The summed E-state index contributed by atoms with van der Waals surface area (Å²) < 4.78 is 6.73. The van der Waals surface area contributed by atoms with Crippen molar-refractivity contribution in [2.45, 2.75) is 45.6 Å². The topological polar surface area (TPSA) is 55.1 Å². The fourth-order valence-electron chi connectivity index (χ4n) is 2.25. The summed E-state index contributed by atoms with van der Waals surface area (Å²) in [5.41, 5.74) is 0.975. The van der Waals surface area contributed by atoms with Crippen molar-refractivity contribution in [2.24, 2.45) is 0 Å². The molecule has 22 heavy (non-hydrogen) atoms. The molecule has 0 bridgehead atoms. The predicted octanol–water partition coefficient (Wildman–Crippen LogP) is 4.34. The van der Waals surface area contributed by atoms with Crippen LogP contribution < -0.4 is 5.32 Å². The zero-order chi connectivity index (χ0) is 15.9. The monoisotopic (exact) mass is 364 g/mol. The number of rotatable bonds is 7. The van der Waals surface area contributed by atoms with Gasteiger partial charge in [-0.1, -0.05) is 41.4 Å². The summed E-state index contributed by atoms with van der Waals surface area (Å²) in [6.07, 6.45) is 4.68. The molecule has 0 saturated carbocycles. The highest BCUT2D eigenvalue weighted by molar-refractivity contribution is 9.10. The van der Waals surface area contributed by atoms with E-state index in [2.05, 4.69) is 33.2 Å². The molecule has 4 nitrogen and oxygen atoms in total. The van der Waals surface area contributed by atoms with Gasteiger partial charge in [0.05, 0.1) is 6.20 Å². The van der Waals surface area contributed by atoms with Crippen LogP contribution in [0.3, 0.4) is 0 Å². The lowest BCUT2D eigenvalue weighted by Gasteiger charge is -2.11. The average Bonchev–Trinajstić information content (AvgIpc) is 2.95. The van der Waals surface area contributed by atoms with Crippen molar-refractivity contribution in [2.75, 3.05) is 0 Å². The van der Waals surface area contributed by atoms with Gasteiger partial charge in [-0.2, -0.15) is 0 Å². The molecular weight excluding hydrogens is 344 g/mol. The molecule has 0 fully saturated rings. The smallest absolute Gasteiger partial charge is 0.220 e. The van der Waals surface area contributed by atoms with Crippen molar-refractivity contribution in [3.05, 3.63) is 40.8 Å². The molecule has 0 aliphatic heterocycles. The Morgan fingerprint density at radius 2 is 2.09 bits per heavy atom. The first-order valence-corrected chi connectivity index (χ1v) is 8.37. The van der Waals surface area contributed by atoms with Gasteiger partial charge in [-0.25, -0.2) is 4.98 Å². The van der Waals surface area contributed by atoms with Gasteiger partial charge < -0.3 is 9.73 Å². The number of aromatic nitrogens is 1. The summed E-state index contributed by atoms with van der Waals surface area (Å²) in [6.45, 7) is 4.14. The molecule has 1 amide bonds. The van der Waals surface area contributed by atoms with Gasteiger partial charge in [0.25, 0.3) is 0 Å². The Morgan fingerprint density at radius 1 is 1.36 bits per heavy atom. The number of nitrogens with zero attached hydrogens (tertiary/aromatic N) is 1. The maximum atomic E-state index is 11.8.